The minimum absolute atomic E-state index is 0.0976. The van der Waals surface area contributed by atoms with Crippen molar-refractivity contribution in [1.29, 1.82) is 0 Å². The average molecular weight is 219 g/mol. The molecule has 0 spiro atoms. The van der Waals surface area contributed by atoms with Crippen molar-refractivity contribution in [3.05, 3.63) is 41.4 Å². The second-order valence-electron chi connectivity index (χ2n) is 2.97. The molecule has 76 valence electrons. The number of nitrogens with one attached hydrogen (secondary N) is 1. The van der Waals surface area contributed by atoms with Gasteiger partial charge in [-0.1, -0.05) is 30.3 Å². The SMILES string of the molecule is O=C(Cc1ccccc1)Nc1ncsn1. The third kappa shape index (κ3) is 2.85. The van der Waals surface area contributed by atoms with E-state index in [-0.39, 0.29) is 5.91 Å². The number of rotatable bonds is 3. The normalized spacial score (nSPS) is 9.87. The molecule has 0 radical (unpaired) electrons. The van der Waals surface area contributed by atoms with Gasteiger partial charge >= 0.3 is 0 Å². The molecule has 0 bridgehead atoms. The molecule has 0 unspecified atom stereocenters. The number of carbonyl (C=O) groups excluding carboxylic acids is 1. The Hall–Kier alpha value is -1.75. The second kappa shape index (κ2) is 4.65. The van der Waals surface area contributed by atoms with E-state index in [0.717, 1.165) is 5.56 Å². The van der Waals surface area contributed by atoms with Gasteiger partial charge < -0.3 is 0 Å². The molecule has 1 amide bonds. The van der Waals surface area contributed by atoms with Crippen LogP contribution in [0.5, 0.6) is 0 Å². The molecule has 1 aromatic heterocycles. The Bertz CT molecular complexity index is 427. The Labute approximate surface area is 91.2 Å². The number of aromatic nitrogens is 2. The van der Waals surface area contributed by atoms with Crippen LogP contribution in [0.15, 0.2) is 35.8 Å². The van der Waals surface area contributed by atoms with Crippen molar-refractivity contribution < 1.29 is 4.79 Å². The summed E-state index contributed by atoms with van der Waals surface area (Å²) in [7, 11) is 0. The lowest BCUT2D eigenvalue weighted by atomic mass is 10.1. The fourth-order valence-electron chi connectivity index (χ4n) is 1.18. The molecule has 2 rings (SSSR count). The highest BCUT2D eigenvalue weighted by atomic mass is 32.1. The minimum atomic E-state index is -0.0976. The fourth-order valence-corrected chi connectivity index (χ4v) is 1.56. The van der Waals surface area contributed by atoms with Crippen molar-refractivity contribution in [2.75, 3.05) is 5.32 Å². The Morgan fingerprint density at radius 1 is 1.33 bits per heavy atom. The molecule has 0 saturated heterocycles. The molecular weight excluding hydrogens is 210 g/mol. The summed E-state index contributed by atoms with van der Waals surface area (Å²) in [6.45, 7) is 0. The summed E-state index contributed by atoms with van der Waals surface area (Å²) in [5, 5.41) is 2.62. The van der Waals surface area contributed by atoms with Gasteiger partial charge in [0, 0.05) is 0 Å². The Balaban J connectivity index is 1.94. The topological polar surface area (TPSA) is 54.9 Å². The van der Waals surface area contributed by atoms with Crippen LogP contribution in [-0.2, 0) is 11.2 Å². The molecule has 0 aliphatic rings. The molecule has 0 atom stereocenters. The maximum Gasteiger partial charge on any atom is 0.241 e. The van der Waals surface area contributed by atoms with E-state index in [2.05, 4.69) is 14.7 Å². The average Bonchev–Trinajstić information content (AvgIpc) is 2.71. The van der Waals surface area contributed by atoms with E-state index in [4.69, 9.17) is 0 Å². The van der Waals surface area contributed by atoms with Crippen LogP contribution in [0.4, 0.5) is 5.95 Å². The largest absolute Gasteiger partial charge is 0.293 e. The Kier molecular flexibility index (Phi) is 3.04. The molecule has 0 aliphatic heterocycles. The van der Waals surface area contributed by atoms with Crippen molar-refractivity contribution in [3.63, 3.8) is 0 Å². The molecule has 2 aromatic rings. The zero-order valence-electron chi connectivity index (χ0n) is 7.88. The van der Waals surface area contributed by atoms with Gasteiger partial charge in [0.15, 0.2) is 0 Å². The minimum Gasteiger partial charge on any atom is -0.293 e. The molecule has 5 heteroatoms. The summed E-state index contributed by atoms with van der Waals surface area (Å²) in [6.07, 6.45) is 0.347. The van der Waals surface area contributed by atoms with Crippen LogP contribution >= 0.6 is 11.5 Å². The van der Waals surface area contributed by atoms with Crippen LogP contribution in [0, 0.1) is 0 Å². The quantitative estimate of drug-likeness (QED) is 0.855. The van der Waals surface area contributed by atoms with Gasteiger partial charge in [-0.2, -0.15) is 4.37 Å². The van der Waals surface area contributed by atoms with Crippen LogP contribution in [0.3, 0.4) is 0 Å². The summed E-state index contributed by atoms with van der Waals surface area (Å²) < 4.78 is 3.90. The third-order valence-electron chi connectivity index (χ3n) is 1.82. The summed E-state index contributed by atoms with van der Waals surface area (Å²) in [6, 6.07) is 9.55. The first kappa shape index (κ1) is 9.79. The first-order chi connectivity index (χ1) is 7.34. The van der Waals surface area contributed by atoms with Crippen molar-refractivity contribution in [1.82, 2.24) is 9.36 Å². The summed E-state index contributed by atoms with van der Waals surface area (Å²) in [5.41, 5.74) is 2.56. The van der Waals surface area contributed by atoms with Gasteiger partial charge in [0.25, 0.3) is 0 Å². The predicted molar refractivity (Wildman–Crippen MR) is 58.7 cm³/mol. The highest BCUT2D eigenvalue weighted by molar-refractivity contribution is 7.03. The molecule has 1 N–H and O–H groups in total. The van der Waals surface area contributed by atoms with E-state index in [0.29, 0.717) is 12.4 Å². The van der Waals surface area contributed by atoms with Crippen molar-refractivity contribution in [2.24, 2.45) is 0 Å². The molecule has 15 heavy (non-hydrogen) atoms. The van der Waals surface area contributed by atoms with Crippen LogP contribution in [0.25, 0.3) is 0 Å². The molecule has 4 nitrogen and oxygen atoms in total. The second-order valence-corrected chi connectivity index (χ2v) is 3.57. The number of nitrogens with zero attached hydrogens (tertiary/aromatic N) is 2. The fraction of sp³-hybridized carbons (Fsp3) is 0.100. The van der Waals surface area contributed by atoms with Gasteiger partial charge in [-0.3, -0.25) is 10.1 Å². The van der Waals surface area contributed by atoms with Gasteiger partial charge in [0.2, 0.25) is 11.9 Å². The monoisotopic (exact) mass is 219 g/mol. The predicted octanol–water partition coefficient (Wildman–Crippen LogP) is 1.72. The maximum absolute atomic E-state index is 11.5. The summed E-state index contributed by atoms with van der Waals surface area (Å²) in [5.74, 6) is 0.278. The van der Waals surface area contributed by atoms with Gasteiger partial charge in [-0.05, 0) is 17.1 Å². The molecule has 0 aliphatic carbocycles. The van der Waals surface area contributed by atoms with Gasteiger partial charge in [-0.25, -0.2) is 4.98 Å². The molecule has 1 heterocycles. The van der Waals surface area contributed by atoms with E-state index in [1.54, 1.807) is 5.51 Å². The highest BCUT2D eigenvalue weighted by Crippen LogP contribution is 2.03. The van der Waals surface area contributed by atoms with E-state index in [1.165, 1.54) is 11.5 Å². The maximum atomic E-state index is 11.5. The van der Waals surface area contributed by atoms with Crippen molar-refractivity contribution in [2.45, 2.75) is 6.42 Å². The Morgan fingerprint density at radius 2 is 2.13 bits per heavy atom. The Morgan fingerprint density at radius 3 is 2.80 bits per heavy atom. The smallest absolute Gasteiger partial charge is 0.241 e. The van der Waals surface area contributed by atoms with Crippen molar-refractivity contribution in [3.8, 4) is 0 Å². The zero-order chi connectivity index (χ0) is 10.5. The van der Waals surface area contributed by atoms with Crippen molar-refractivity contribution >= 4 is 23.4 Å². The van der Waals surface area contributed by atoms with Crippen LogP contribution < -0.4 is 5.32 Å². The number of benzene rings is 1. The molecule has 0 saturated carbocycles. The number of anilines is 1. The first-order valence-electron chi connectivity index (χ1n) is 4.45. The zero-order valence-corrected chi connectivity index (χ0v) is 8.70. The van der Waals surface area contributed by atoms with Crippen LogP contribution in [0.2, 0.25) is 0 Å². The number of amides is 1. The molecular formula is C10H9N3OS. The van der Waals surface area contributed by atoms with Crippen LogP contribution in [-0.4, -0.2) is 15.3 Å². The van der Waals surface area contributed by atoms with E-state index >= 15 is 0 Å². The van der Waals surface area contributed by atoms with E-state index in [1.807, 2.05) is 30.3 Å². The third-order valence-corrected chi connectivity index (χ3v) is 2.30. The summed E-state index contributed by atoms with van der Waals surface area (Å²) in [4.78, 5) is 15.4. The number of carbonyl (C=O) groups is 1. The van der Waals surface area contributed by atoms with Crippen LogP contribution in [0.1, 0.15) is 5.56 Å². The highest BCUT2D eigenvalue weighted by Gasteiger charge is 2.05. The molecule has 1 aromatic carbocycles. The van der Waals surface area contributed by atoms with E-state index < -0.39 is 0 Å². The lowest BCUT2D eigenvalue weighted by Gasteiger charge is -2.00. The first-order valence-corrected chi connectivity index (χ1v) is 5.28. The van der Waals surface area contributed by atoms with Gasteiger partial charge in [0.05, 0.1) is 6.42 Å². The summed E-state index contributed by atoms with van der Waals surface area (Å²) >= 11 is 1.21. The lowest BCUT2D eigenvalue weighted by Crippen LogP contribution is -2.15. The number of hydrogen-bond acceptors (Lipinski definition) is 4. The van der Waals surface area contributed by atoms with Gasteiger partial charge in [0.1, 0.15) is 5.51 Å². The lowest BCUT2D eigenvalue weighted by molar-refractivity contribution is -0.115. The molecule has 0 fully saturated rings. The standard InChI is InChI=1S/C10H9N3OS/c14-9(12-10-11-7-15-13-10)6-8-4-2-1-3-5-8/h1-5,7H,6H2,(H,12,13,14). The van der Waals surface area contributed by atoms with Gasteiger partial charge in [-0.15, -0.1) is 0 Å². The van der Waals surface area contributed by atoms with E-state index in [9.17, 15) is 4.79 Å². The number of hydrogen-bond donors (Lipinski definition) is 1.